The molecule has 0 aliphatic rings. The Morgan fingerprint density at radius 1 is 1.04 bits per heavy atom. The lowest BCUT2D eigenvalue weighted by atomic mass is 9.97. The number of nitriles is 1. The van der Waals surface area contributed by atoms with Gasteiger partial charge in [-0.15, -0.1) is 0 Å². The molecule has 0 saturated heterocycles. The van der Waals surface area contributed by atoms with Crippen LogP contribution in [0, 0.1) is 24.1 Å². The van der Waals surface area contributed by atoms with Crippen LogP contribution in [0.25, 0.3) is 27.7 Å². The first kappa shape index (κ1) is 17.7. The summed E-state index contributed by atoms with van der Waals surface area (Å²) in [5.74, 6) is -0.329. The normalized spacial score (nSPS) is 10.9. The number of hydrogen-bond acceptors (Lipinski definition) is 2. The van der Waals surface area contributed by atoms with Crippen molar-refractivity contribution in [3.05, 3.63) is 88.2 Å². The third kappa shape index (κ3) is 2.80. The second-order valence-electron chi connectivity index (χ2n) is 6.81. The second-order valence-corrected chi connectivity index (χ2v) is 6.81. The van der Waals surface area contributed by atoms with E-state index in [0.29, 0.717) is 16.9 Å². The molecule has 0 bridgehead atoms. The van der Waals surface area contributed by atoms with Gasteiger partial charge >= 0.3 is 0 Å². The van der Waals surface area contributed by atoms with Crippen molar-refractivity contribution in [1.82, 2.24) is 9.13 Å². The van der Waals surface area contributed by atoms with Gasteiger partial charge in [-0.05, 0) is 42.8 Å². The molecule has 0 radical (unpaired) electrons. The molecule has 5 heteroatoms. The Kier molecular flexibility index (Phi) is 4.32. The number of rotatable bonds is 3. The highest BCUT2D eigenvalue weighted by atomic mass is 19.1. The SMILES string of the molecule is Cc1ccc(-c2c(CC#N)n(C)c(=O)c3c2ccn3-c2ccc(F)cc2)cc1. The number of halogens is 1. The van der Waals surface area contributed by atoms with Crippen molar-refractivity contribution in [3.63, 3.8) is 0 Å². The van der Waals surface area contributed by atoms with Gasteiger partial charge in [0.1, 0.15) is 11.3 Å². The molecule has 138 valence electrons. The van der Waals surface area contributed by atoms with Crippen LogP contribution in [0.4, 0.5) is 4.39 Å². The largest absolute Gasteiger partial charge is 0.312 e. The molecule has 0 atom stereocenters. The first-order valence-corrected chi connectivity index (χ1v) is 8.94. The summed E-state index contributed by atoms with van der Waals surface area (Å²) in [5, 5.41) is 10.1. The van der Waals surface area contributed by atoms with E-state index < -0.39 is 0 Å². The fraction of sp³-hybridized carbons (Fsp3) is 0.130. The summed E-state index contributed by atoms with van der Waals surface area (Å²) in [5.41, 5.74) is 4.66. The Labute approximate surface area is 161 Å². The zero-order valence-corrected chi connectivity index (χ0v) is 15.6. The molecule has 0 saturated carbocycles. The molecule has 4 rings (SSSR count). The molecule has 0 amide bonds. The van der Waals surface area contributed by atoms with E-state index >= 15 is 0 Å². The summed E-state index contributed by atoms with van der Waals surface area (Å²) in [6.07, 6.45) is 1.94. The van der Waals surface area contributed by atoms with Gasteiger partial charge in [0.25, 0.3) is 5.56 Å². The van der Waals surface area contributed by atoms with E-state index in [2.05, 4.69) is 6.07 Å². The Morgan fingerprint density at radius 3 is 2.36 bits per heavy atom. The minimum Gasteiger partial charge on any atom is -0.312 e. The van der Waals surface area contributed by atoms with Gasteiger partial charge < -0.3 is 9.13 Å². The van der Waals surface area contributed by atoms with Gasteiger partial charge in [-0.1, -0.05) is 29.8 Å². The predicted molar refractivity (Wildman–Crippen MR) is 108 cm³/mol. The Balaban J connectivity index is 2.10. The van der Waals surface area contributed by atoms with Crippen LogP contribution in [-0.2, 0) is 13.5 Å². The van der Waals surface area contributed by atoms with E-state index in [1.807, 2.05) is 43.5 Å². The van der Waals surface area contributed by atoms with Crippen LogP contribution < -0.4 is 5.56 Å². The maximum absolute atomic E-state index is 13.3. The number of pyridine rings is 1. The summed E-state index contributed by atoms with van der Waals surface area (Å²) in [6, 6.07) is 18.1. The van der Waals surface area contributed by atoms with E-state index in [1.54, 1.807) is 28.3 Å². The van der Waals surface area contributed by atoms with Crippen molar-refractivity contribution in [1.29, 1.82) is 5.26 Å². The number of aryl methyl sites for hydroxylation is 1. The maximum Gasteiger partial charge on any atom is 0.275 e. The minimum absolute atomic E-state index is 0.132. The van der Waals surface area contributed by atoms with Crippen LogP contribution in [0.3, 0.4) is 0 Å². The van der Waals surface area contributed by atoms with Crippen LogP contribution in [0.5, 0.6) is 0 Å². The van der Waals surface area contributed by atoms with Crippen LogP contribution >= 0.6 is 0 Å². The molecular formula is C23H18FN3O. The van der Waals surface area contributed by atoms with Gasteiger partial charge in [0.2, 0.25) is 0 Å². The third-order valence-corrected chi connectivity index (χ3v) is 5.05. The van der Waals surface area contributed by atoms with Crippen LogP contribution in [0.15, 0.2) is 65.6 Å². The van der Waals surface area contributed by atoms with Crippen molar-refractivity contribution in [2.75, 3.05) is 0 Å². The van der Waals surface area contributed by atoms with Crippen molar-refractivity contribution in [3.8, 4) is 22.9 Å². The van der Waals surface area contributed by atoms with E-state index in [1.165, 1.54) is 12.1 Å². The average molecular weight is 371 g/mol. The quantitative estimate of drug-likeness (QED) is 0.532. The molecule has 0 aliphatic carbocycles. The molecule has 4 nitrogen and oxygen atoms in total. The zero-order chi connectivity index (χ0) is 19.8. The highest BCUT2D eigenvalue weighted by Crippen LogP contribution is 2.32. The Bertz CT molecular complexity index is 1270. The minimum atomic E-state index is -0.329. The molecule has 4 aromatic rings. The monoisotopic (exact) mass is 371 g/mol. The molecule has 0 aliphatic heterocycles. The number of benzene rings is 2. The number of nitrogens with zero attached hydrogens (tertiary/aromatic N) is 3. The smallest absolute Gasteiger partial charge is 0.275 e. The van der Waals surface area contributed by atoms with Gasteiger partial charge in [0.15, 0.2) is 0 Å². The predicted octanol–water partition coefficient (Wildman–Crippen LogP) is 4.51. The van der Waals surface area contributed by atoms with E-state index in [9.17, 15) is 14.4 Å². The van der Waals surface area contributed by atoms with Crippen LogP contribution in [0.1, 0.15) is 11.3 Å². The Hall–Kier alpha value is -3.65. The van der Waals surface area contributed by atoms with Gasteiger partial charge in [-0.25, -0.2) is 4.39 Å². The molecule has 28 heavy (non-hydrogen) atoms. The first-order chi connectivity index (χ1) is 13.5. The topological polar surface area (TPSA) is 50.7 Å². The zero-order valence-electron chi connectivity index (χ0n) is 15.6. The molecule has 0 fully saturated rings. The van der Waals surface area contributed by atoms with Crippen LogP contribution in [-0.4, -0.2) is 9.13 Å². The summed E-state index contributed by atoms with van der Waals surface area (Å²) < 4.78 is 16.6. The first-order valence-electron chi connectivity index (χ1n) is 8.94. The Morgan fingerprint density at radius 2 is 1.71 bits per heavy atom. The van der Waals surface area contributed by atoms with Gasteiger partial charge in [-0.3, -0.25) is 4.79 Å². The van der Waals surface area contributed by atoms with Gasteiger partial charge in [0, 0.05) is 35.6 Å². The van der Waals surface area contributed by atoms with E-state index in [4.69, 9.17) is 0 Å². The second kappa shape index (κ2) is 6.82. The lowest BCUT2D eigenvalue weighted by Gasteiger charge is -2.15. The summed E-state index contributed by atoms with van der Waals surface area (Å²) in [6.45, 7) is 2.02. The summed E-state index contributed by atoms with van der Waals surface area (Å²) in [4.78, 5) is 13.1. The van der Waals surface area contributed by atoms with Crippen LogP contribution in [0.2, 0.25) is 0 Å². The number of hydrogen-bond donors (Lipinski definition) is 0. The average Bonchev–Trinajstić information content (AvgIpc) is 3.13. The standard InChI is InChI=1S/C23H18FN3O/c1-15-3-5-16(6-4-15)21-19-12-14-27(18-9-7-17(24)8-10-18)22(19)23(28)26(2)20(21)11-13-25/h3-10,12,14H,11H2,1-2H3. The number of fused-ring (bicyclic) bond motifs is 1. The van der Waals surface area contributed by atoms with Crippen molar-refractivity contribution >= 4 is 10.9 Å². The molecular weight excluding hydrogens is 353 g/mol. The van der Waals surface area contributed by atoms with Crippen molar-refractivity contribution in [2.45, 2.75) is 13.3 Å². The summed E-state index contributed by atoms with van der Waals surface area (Å²) >= 11 is 0. The molecule has 0 spiro atoms. The van der Waals surface area contributed by atoms with Crippen molar-refractivity contribution in [2.24, 2.45) is 7.05 Å². The molecule has 2 heterocycles. The molecule has 0 unspecified atom stereocenters. The highest BCUT2D eigenvalue weighted by Gasteiger charge is 2.19. The molecule has 2 aromatic heterocycles. The molecule has 0 N–H and O–H groups in total. The lowest BCUT2D eigenvalue weighted by Crippen LogP contribution is -2.23. The third-order valence-electron chi connectivity index (χ3n) is 5.05. The van der Waals surface area contributed by atoms with Gasteiger partial charge in [-0.2, -0.15) is 5.26 Å². The van der Waals surface area contributed by atoms with E-state index in [0.717, 1.165) is 22.1 Å². The molecule has 2 aromatic carbocycles. The highest BCUT2D eigenvalue weighted by molar-refractivity contribution is 5.97. The summed E-state index contributed by atoms with van der Waals surface area (Å²) in [7, 11) is 1.69. The van der Waals surface area contributed by atoms with E-state index in [-0.39, 0.29) is 17.8 Å². The fourth-order valence-corrected chi connectivity index (χ4v) is 3.60. The number of aromatic nitrogens is 2. The fourth-order valence-electron chi connectivity index (χ4n) is 3.60. The lowest BCUT2D eigenvalue weighted by molar-refractivity contribution is 0.627. The van der Waals surface area contributed by atoms with Gasteiger partial charge in [0.05, 0.1) is 12.5 Å². The maximum atomic E-state index is 13.3. The van der Waals surface area contributed by atoms with Crippen molar-refractivity contribution < 1.29 is 4.39 Å².